The van der Waals surface area contributed by atoms with Gasteiger partial charge >= 0.3 is 0 Å². The van der Waals surface area contributed by atoms with Gasteiger partial charge in [0.2, 0.25) is 0 Å². The largest absolute Gasteiger partial charge is 0.367 e. The zero-order chi connectivity index (χ0) is 12.0. The Labute approximate surface area is 104 Å². The molecule has 1 N–H and O–H groups in total. The van der Waals surface area contributed by atoms with Crippen molar-refractivity contribution in [3.63, 3.8) is 0 Å². The average molecular weight is 260 g/mol. The van der Waals surface area contributed by atoms with Gasteiger partial charge in [0.15, 0.2) is 6.29 Å². The lowest BCUT2D eigenvalue weighted by Crippen LogP contribution is -2.18. The van der Waals surface area contributed by atoms with Crippen molar-refractivity contribution in [1.29, 1.82) is 0 Å². The van der Waals surface area contributed by atoms with Crippen LogP contribution in [0.25, 0.3) is 0 Å². The average Bonchev–Trinajstić information content (AvgIpc) is 2.27. The van der Waals surface area contributed by atoms with E-state index in [9.17, 15) is 4.79 Å². The number of rotatable bonds is 6. The first-order valence-corrected chi connectivity index (χ1v) is 6.67. The van der Waals surface area contributed by atoms with Gasteiger partial charge in [-0.15, -0.1) is 0 Å². The predicted octanol–water partition coefficient (Wildman–Crippen LogP) is 2.50. The van der Waals surface area contributed by atoms with Crippen molar-refractivity contribution in [3.8, 4) is 0 Å². The second kappa shape index (κ2) is 6.70. The van der Waals surface area contributed by atoms with Crippen LogP contribution < -0.4 is 5.32 Å². The van der Waals surface area contributed by atoms with E-state index in [0.29, 0.717) is 17.7 Å². The van der Waals surface area contributed by atoms with Crippen molar-refractivity contribution < 1.29 is 4.79 Å². The van der Waals surface area contributed by atoms with Crippen molar-refractivity contribution in [1.82, 2.24) is 9.97 Å². The highest BCUT2D eigenvalue weighted by atomic mass is 35.5. The van der Waals surface area contributed by atoms with E-state index in [2.05, 4.69) is 21.5 Å². The van der Waals surface area contributed by atoms with Crippen molar-refractivity contribution >= 4 is 35.5 Å². The fourth-order valence-corrected chi connectivity index (χ4v) is 1.96. The van der Waals surface area contributed by atoms with Crippen LogP contribution in [0.15, 0.2) is 6.33 Å². The molecule has 0 saturated heterocycles. The van der Waals surface area contributed by atoms with Gasteiger partial charge in [0.05, 0.1) is 5.56 Å². The SMILES string of the molecule is CSCCC(C)Nc1ncnc(Cl)c1C=O. The number of carbonyl (C=O) groups excluding carboxylic acids is 1. The quantitative estimate of drug-likeness (QED) is 0.628. The highest BCUT2D eigenvalue weighted by molar-refractivity contribution is 7.98. The Hall–Kier alpha value is -0.810. The molecule has 0 aliphatic heterocycles. The molecule has 6 heteroatoms. The Kier molecular flexibility index (Phi) is 5.55. The van der Waals surface area contributed by atoms with Gasteiger partial charge < -0.3 is 5.32 Å². The van der Waals surface area contributed by atoms with E-state index in [4.69, 9.17) is 11.6 Å². The number of halogens is 1. The molecule has 1 aromatic heterocycles. The number of nitrogens with zero attached hydrogens (tertiary/aromatic N) is 2. The third-order valence-electron chi connectivity index (χ3n) is 2.09. The first-order valence-electron chi connectivity index (χ1n) is 4.90. The molecule has 0 bridgehead atoms. The summed E-state index contributed by atoms with van der Waals surface area (Å²) in [5, 5.41) is 3.34. The van der Waals surface area contributed by atoms with Crippen LogP contribution in [0.5, 0.6) is 0 Å². The number of thioether (sulfide) groups is 1. The number of aldehydes is 1. The van der Waals surface area contributed by atoms with E-state index in [1.165, 1.54) is 6.33 Å². The number of hydrogen-bond donors (Lipinski definition) is 1. The number of aromatic nitrogens is 2. The molecule has 88 valence electrons. The minimum absolute atomic E-state index is 0.185. The van der Waals surface area contributed by atoms with E-state index in [-0.39, 0.29) is 11.2 Å². The standard InChI is InChI=1S/C10H14ClN3OS/c1-7(3-4-16-2)14-10-8(5-15)9(11)12-6-13-10/h5-7H,3-4H2,1-2H3,(H,12,13,14). The summed E-state index contributed by atoms with van der Waals surface area (Å²) in [6.07, 6.45) is 5.08. The van der Waals surface area contributed by atoms with Crippen molar-refractivity contribution in [2.24, 2.45) is 0 Å². The zero-order valence-corrected chi connectivity index (χ0v) is 10.8. The molecule has 0 aliphatic carbocycles. The van der Waals surface area contributed by atoms with Gasteiger partial charge in [-0.3, -0.25) is 4.79 Å². The monoisotopic (exact) mass is 259 g/mol. The van der Waals surface area contributed by atoms with Gasteiger partial charge in [-0.1, -0.05) is 11.6 Å². The van der Waals surface area contributed by atoms with E-state index >= 15 is 0 Å². The molecule has 1 aromatic rings. The van der Waals surface area contributed by atoms with Crippen LogP contribution in [0.2, 0.25) is 5.15 Å². The van der Waals surface area contributed by atoms with Crippen LogP contribution in [-0.4, -0.2) is 34.3 Å². The molecule has 1 unspecified atom stereocenters. The number of nitrogens with one attached hydrogen (secondary N) is 1. The predicted molar refractivity (Wildman–Crippen MR) is 68.5 cm³/mol. The molecule has 0 fully saturated rings. The second-order valence-corrected chi connectivity index (χ2v) is 4.72. The Balaban J connectivity index is 2.72. The first kappa shape index (κ1) is 13.3. The lowest BCUT2D eigenvalue weighted by Gasteiger charge is -2.14. The van der Waals surface area contributed by atoms with Gasteiger partial charge in [-0.05, 0) is 25.4 Å². The molecular weight excluding hydrogens is 246 g/mol. The molecule has 0 aliphatic rings. The molecule has 0 saturated carbocycles. The molecule has 0 aromatic carbocycles. The third kappa shape index (κ3) is 3.64. The molecule has 0 amide bonds. The number of carbonyl (C=O) groups is 1. The molecule has 16 heavy (non-hydrogen) atoms. The van der Waals surface area contributed by atoms with E-state index in [0.717, 1.165) is 12.2 Å². The normalized spacial score (nSPS) is 12.2. The van der Waals surface area contributed by atoms with Crippen molar-refractivity contribution in [2.45, 2.75) is 19.4 Å². The summed E-state index contributed by atoms with van der Waals surface area (Å²) in [6.45, 7) is 2.04. The summed E-state index contributed by atoms with van der Waals surface area (Å²) in [5.41, 5.74) is 0.320. The van der Waals surface area contributed by atoms with Gasteiger partial charge in [0, 0.05) is 6.04 Å². The van der Waals surface area contributed by atoms with Gasteiger partial charge in [-0.2, -0.15) is 11.8 Å². The maximum Gasteiger partial charge on any atom is 0.156 e. The minimum Gasteiger partial charge on any atom is -0.367 e. The molecule has 1 heterocycles. The fourth-order valence-electron chi connectivity index (χ4n) is 1.19. The molecular formula is C10H14ClN3OS. The summed E-state index contributed by atoms with van der Waals surface area (Å²) >= 11 is 7.58. The Morgan fingerprint density at radius 1 is 1.62 bits per heavy atom. The van der Waals surface area contributed by atoms with E-state index in [1.807, 2.05) is 6.92 Å². The first-order chi connectivity index (χ1) is 7.69. The summed E-state index contributed by atoms with van der Waals surface area (Å²) in [4.78, 5) is 18.6. The van der Waals surface area contributed by atoms with Crippen LogP contribution >= 0.6 is 23.4 Å². The zero-order valence-electron chi connectivity index (χ0n) is 9.24. The topological polar surface area (TPSA) is 54.9 Å². The molecule has 1 atom stereocenters. The van der Waals surface area contributed by atoms with Crippen LogP contribution in [0.4, 0.5) is 5.82 Å². The third-order valence-corrected chi connectivity index (χ3v) is 3.04. The van der Waals surface area contributed by atoms with Crippen LogP contribution in [-0.2, 0) is 0 Å². The Bertz CT molecular complexity index is 362. The summed E-state index contributed by atoms with van der Waals surface area (Å²) in [7, 11) is 0. The highest BCUT2D eigenvalue weighted by Crippen LogP contribution is 2.18. The lowest BCUT2D eigenvalue weighted by molar-refractivity contribution is 0.112. The van der Waals surface area contributed by atoms with Gasteiger partial charge in [-0.25, -0.2) is 9.97 Å². The highest BCUT2D eigenvalue weighted by Gasteiger charge is 2.10. The van der Waals surface area contributed by atoms with Crippen LogP contribution in [0.3, 0.4) is 0 Å². The second-order valence-electron chi connectivity index (χ2n) is 3.37. The van der Waals surface area contributed by atoms with Crippen molar-refractivity contribution in [2.75, 3.05) is 17.3 Å². The molecule has 0 radical (unpaired) electrons. The smallest absolute Gasteiger partial charge is 0.156 e. The molecule has 4 nitrogen and oxygen atoms in total. The molecule has 0 spiro atoms. The summed E-state index contributed by atoms with van der Waals surface area (Å²) < 4.78 is 0. The van der Waals surface area contributed by atoms with E-state index in [1.54, 1.807) is 11.8 Å². The lowest BCUT2D eigenvalue weighted by atomic mass is 10.2. The van der Waals surface area contributed by atoms with Gasteiger partial charge in [0.1, 0.15) is 17.3 Å². The number of hydrogen-bond acceptors (Lipinski definition) is 5. The Morgan fingerprint density at radius 2 is 2.38 bits per heavy atom. The number of anilines is 1. The van der Waals surface area contributed by atoms with Gasteiger partial charge in [0.25, 0.3) is 0 Å². The fraction of sp³-hybridized carbons (Fsp3) is 0.500. The van der Waals surface area contributed by atoms with Crippen LogP contribution in [0, 0.1) is 0 Å². The maximum atomic E-state index is 10.8. The summed E-state index contributed by atoms with van der Waals surface area (Å²) in [6, 6.07) is 0.247. The molecule has 1 rings (SSSR count). The van der Waals surface area contributed by atoms with E-state index < -0.39 is 0 Å². The van der Waals surface area contributed by atoms with Crippen molar-refractivity contribution in [3.05, 3.63) is 17.0 Å². The maximum absolute atomic E-state index is 10.8. The van der Waals surface area contributed by atoms with Crippen LogP contribution in [0.1, 0.15) is 23.7 Å². The minimum atomic E-state index is 0.185. The Morgan fingerprint density at radius 3 is 3.00 bits per heavy atom. The summed E-state index contributed by atoms with van der Waals surface area (Å²) in [5.74, 6) is 1.56.